The second-order valence-electron chi connectivity index (χ2n) is 4.06. The number of likely N-dealkylation sites (tertiary alicyclic amines) is 1. The highest BCUT2D eigenvalue weighted by Gasteiger charge is 2.45. The summed E-state index contributed by atoms with van der Waals surface area (Å²) in [5.74, 6) is 0.803. The number of ether oxygens (including phenoxy) is 1. The minimum absolute atomic E-state index is 0.481. The average Bonchev–Trinajstić information content (AvgIpc) is 2.46. The van der Waals surface area contributed by atoms with Gasteiger partial charge in [0.05, 0.1) is 13.2 Å². The van der Waals surface area contributed by atoms with E-state index in [1.807, 2.05) is 13.8 Å². The van der Waals surface area contributed by atoms with Crippen molar-refractivity contribution in [1.29, 1.82) is 0 Å². The van der Waals surface area contributed by atoms with E-state index in [4.69, 9.17) is 4.74 Å². The van der Waals surface area contributed by atoms with Gasteiger partial charge in [-0.1, -0.05) is 20.8 Å². The van der Waals surface area contributed by atoms with E-state index in [9.17, 15) is 0 Å². The largest absolute Gasteiger partial charge is 0.380 e. The van der Waals surface area contributed by atoms with Crippen LogP contribution in [0.5, 0.6) is 0 Å². The van der Waals surface area contributed by atoms with Crippen LogP contribution in [0.3, 0.4) is 0 Å². The van der Waals surface area contributed by atoms with Gasteiger partial charge in [0.25, 0.3) is 0 Å². The Labute approximate surface area is 75.9 Å². The maximum atomic E-state index is 5.44. The summed E-state index contributed by atoms with van der Waals surface area (Å²) < 4.78 is 5.44. The van der Waals surface area contributed by atoms with E-state index < -0.39 is 0 Å². The molecule has 0 amide bonds. The van der Waals surface area contributed by atoms with Crippen molar-refractivity contribution in [2.45, 2.75) is 20.8 Å². The fraction of sp³-hybridized carbons (Fsp3) is 1.00. The van der Waals surface area contributed by atoms with E-state index >= 15 is 0 Å². The lowest BCUT2D eigenvalue weighted by Gasteiger charge is -2.19. The molecule has 0 spiro atoms. The molecule has 0 aromatic heterocycles. The van der Waals surface area contributed by atoms with Gasteiger partial charge in [-0.2, -0.15) is 0 Å². The maximum Gasteiger partial charge on any atom is 0.0536 e. The first kappa shape index (κ1) is 10.0. The van der Waals surface area contributed by atoms with E-state index in [-0.39, 0.29) is 0 Å². The Hall–Kier alpha value is -0.0800. The summed E-state index contributed by atoms with van der Waals surface area (Å²) in [5.41, 5.74) is 0.481. The quantitative estimate of drug-likeness (QED) is 0.549. The Morgan fingerprint density at radius 3 is 2.67 bits per heavy atom. The van der Waals surface area contributed by atoms with Gasteiger partial charge in [0.1, 0.15) is 0 Å². The summed E-state index contributed by atoms with van der Waals surface area (Å²) in [4.78, 5) is 2.41. The number of nitrogens with zero attached hydrogens (tertiary/aromatic N) is 1. The fourth-order valence-electron chi connectivity index (χ4n) is 2.26. The Balaban J connectivity index is 0.000000336. The van der Waals surface area contributed by atoms with Crippen LogP contribution in [-0.4, -0.2) is 38.3 Å². The molecule has 12 heavy (non-hydrogen) atoms. The van der Waals surface area contributed by atoms with Crippen LogP contribution in [0.25, 0.3) is 0 Å². The lowest BCUT2D eigenvalue weighted by Crippen LogP contribution is -2.25. The van der Waals surface area contributed by atoms with Gasteiger partial charge in [-0.3, -0.25) is 0 Å². The molecule has 2 unspecified atom stereocenters. The summed E-state index contributed by atoms with van der Waals surface area (Å²) in [6.45, 7) is 10.8. The summed E-state index contributed by atoms with van der Waals surface area (Å²) in [7, 11) is 2.20. The Bertz CT molecular complexity index is 149. The number of hydrogen-bond donors (Lipinski definition) is 0. The Morgan fingerprint density at radius 2 is 2.08 bits per heavy atom. The molecule has 0 aliphatic carbocycles. The van der Waals surface area contributed by atoms with Crippen molar-refractivity contribution in [3.63, 3.8) is 0 Å². The van der Waals surface area contributed by atoms with Crippen molar-refractivity contribution >= 4 is 0 Å². The molecule has 2 aliphatic rings. The van der Waals surface area contributed by atoms with Crippen LogP contribution in [-0.2, 0) is 4.74 Å². The van der Waals surface area contributed by atoms with Gasteiger partial charge < -0.3 is 9.64 Å². The zero-order chi connectivity index (χ0) is 9.19. The molecule has 0 N–H and O–H groups in total. The van der Waals surface area contributed by atoms with E-state index in [1.165, 1.54) is 13.1 Å². The second-order valence-corrected chi connectivity index (χ2v) is 4.06. The first-order valence-corrected chi connectivity index (χ1v) is 4.97. The topological polar surface area (TPSA) is 12.5 Å². The molecule has 0 saturated carbocycles. The molecular weight excluding hydrogens is 150 g/mol. The van der Waals surface area contributed by atoms with Gasteiger partial charge in [-0.25, -0.2) is 0 Å². The highest BCUT2D eigenvalue weighted by molar-refractivity contribution is 4.95. The van der Waals surface area contributed by atoms with Crippen LogP contribution in [0.4, 0.5) is 0 Å². The number of rotatable bonds is 0. The van der Waals surface area contributed by atoms with Crippen LogP contribution in [0, 0.1) is 11.3 Å². The molecule has 2 atom stereocenters. The van der Waals surface area contributed by atoms with Crippen molar-refractivity contribution < 1.29 is 4.74 Å². The van der Waals surface area contributed by atoms with E-state index in [0.29, 0.717) is 5.41 Å². The van der Waals surface area contributed by atoms with Crippen LogP contribution in [0.2, 0.25) is 0 Å². The van der Waals surface area contributed by atoms with Crippen molar-refractivity contribution in [1.82, 2.24) is 4.90 Å². The molecule has 2 nitrogen and oxygen atoms in total. The van der Waals surface area contributed by atoms with Gasteiger partial charge >= 0.3 is 0 Å². The van der Waals surface area contributed by atoms with E-state index in [0.717, 1.165) is 19.1 Å². The molecule has 2 heterocycles. The van der Waals surface area contributed by atoms with Crippen LogP contribution < -0.4 is 0 Å². The second kappa shape index (κ2) is 3.75. The molecule has 2 aliphatic heterocycles. The predicted molar refractivity (Wildman–Crippen MR) is 51.3 cm³/mol. The van der Waals surface area contributed by atoms with E-state index in [2.05, 4.69) is 18.9 Å². The van der Waals surface area contributed by atoms with Crippen molar-refractivity contribution in [2.75, 3.05) is 33.4 Å². The molecule has 0 aromatic rings. The third-order valence-corrected chi connectivity index (χ3v) is 2.90. The lowest BCUT2D eigenvalue weighted by atomic mass is 9.83. The fourth-order valence-corrected chi connectivity index (χ4v) is 2.26. The van der Waals surface area contributed by atoms with Gasteiger partial charge in [-0.05, 0) is 7.05 Å². The monoisotopic (exact) mass is 171 g/mol. The summed E-state index contributed by atoms with van der Waals surface area (Å²) in [6, 6.07) is 0. The SMILES string of the molecule is CC.CN1CC2COCC2(C)C1. The zero-order valence-electron chi connectivity index (χ0n) is 8.76. The molecule has 2 rings (SSSR count). The molecule has 0 aromatic carbocycles. The Kier molecular flexibility index (Phi) is 3.13. The van der Waals surface area contributed by atoms with E-state index in [1.54, 1.807) is 0 Å². The highest BCUT2D eigenvalue weighted by Crippen LogP contribution is 2.39. The Morgan fingerprint density at radius 1 is 1.42 bits per heavy atom. The number of hydrogen-bond acceptors (Lipinski definition) is 2. The minimum Gasteiger partial charge on any atom is -0.380 e. The molecule has 2 saturated heterocycles. The first-order valence-electron chi connectivity index (χ1n) is 4.97. The van der Waals surface area contributed by atoms with Crippen molar-refractivity contribution in [2.24, 2.45) is 11.3 Å². The standard InChI is InChI=1S/C8H15NO.C2H6/c1-8-5-9(2)3-7(8)4-10-6-8;1-2/h7H,3-6H2,1-2H3;1-2H3. The normalized spacial score (nSPS) is 40.5. The molecule has 72 valence electrons. The summed E-state index contributed by atoms with van der Waals surface area (Å²) in [5, 5.41) is 0. The smallest absolute Gasteiger partial charge is 0.0536 e. The predicted octanol–water partition coefficient (Wildman–Crippen LogP) is 1.61. The van der Waals surface area contributed by atoms with Crippen molar-refractivity contribution in [3.8, 4) is 0 Å². The van der Waals surface area contributed by atoms with Crippen LogP contribution in [0.15, 0.2) is 0 Å². The molecular formula is C10H21NO. The third kappa shape index (κ3) is 1.64. The van der Waals surface area contributed by atoms with Gasteiger partial charge in [0.2, 0.25) is 0 Å². The third-order valence-electron chi connectivity index (χ3n) is 2.90. The summed E-state index contributed by atoms with van der Waals surface area (Å²) in [6.07, 6.45) is 0. The van der Waals surface area contributed by atoms with Crippen molar-refractivity contribution in [3.05, 3.63) is 0 Å². The zero-order valence-corrected chi connectivity index (χ0v) is 8.76. The molecule has 2 fully saturated rings. The van der Waals surface area contributed by atoms with Gasteiger partial charge in [0.15, 0.2) is 0 Å². The molecule has 2 heteroatoms. The molecule has 0 radical (unpaired) electrons. The molecule has 0 bridgehead atoms. The van der Waals surface area contributed by atoms with Crippen LogP contribution in [0.1, 0.15) is 20.8 Å². The first-order chi connectivity index (χ1) is 5.71. The highest BCUT2D eigenvalue weighted by atomic mass is 16.5. The van der Waals surface area contributed by atoms with Gasteiger partial charge in [-0.15, -0.1) is 0 Å². The average molecular weight is 171 g/mol. The number of fused-ring (bicyclic) bond motifs is 1. The maximum absolute atomic E-state index is 5.44. The van der Waals surface area contributed by atoms with Crippen LogP contribution >= 0.6 is 0 Å². The minimum atomic E-state index is 0.481. The summed E-state index contributed by atoms with van der Waals surface area (Å²) >= 11 is 0. The lowest BCUT2D eigenvalue weighted by molar-refractivity contribution is 0.141. The van der Waals surface area contributed by atoms with Gasteiger partial charge in [0, 0.05) is 24.4 Å².